The molecule has 0 aromatic heterocycles. The summed E-state index contributed by atoms with van der Waals surface area (Å²) in [4.78, 5) is 28.3. The third-order valence-electron chi connectivity index (χ3n) is 5.76. The van der Waals surface area contributed by atoms with Crippen LogP contribution in [-0.2, 0) is 0 Å². The van der Waals surface area contributed by atoms with E-state index in [0.717, 1.165) is 51.3 Å². The fourth-order valence-electron chi connectivity index (χ4n) is 4.24. The predicted molar refractivity (Wildman–Crippen MR) is 111 cm³/mol. The van der Waals surface area contributed by atoms with Gasteiger partial charge in [-0.05, 0) is 57.2 Å². The van der Waals surface area contributed by atoms with Crippen LogP contribution in [0.1, 0.15) is 55.8 Å². The number of rotatable bonds is 7. The molecule has 0 saturated carbocycles. The molecule has 2 fully saturated rings. The van der Waals surface area contributed by atoms with E-state index in [1.54, 1.807) is 6.07 Å². The number of nitrogens with one attached hydrogen (secondary N) is 1. The second-order valence-electron chi connectivity index (χ2n) is 8.18. The number of nitrogens with zero attached hydrogens (tertiary/aromatic N) is 3. The molecule has 0 radical (unpaired) electrons. The zero-order chi connectivity index (χ0) is 19.9. The largest absolute Gasteiger partial charge is 0.371 e. The first-order valence-corrected chi connectivity index (χ1v) is 10.6. The number of hydrogen-bond acceptors (Lipinski definition) is 5. The van der Waals surface area contributed by atoms with E-state index >= 15 is 0 Å². The summed E-state index contributed by atoms with van der Waals surface area (Å²) >= 11 is 0. The summed E-state index contributed by atoms with van der Waals surface area (Å²) in [6.07, 6.45) is 7.19. The van der Waals surface area contributed by atoms with Crippen LogP contribution in [-0.4, -0.2) is 55.0 Å². The van der Waals surface area contributed by atoms with Crippen molar-refractivity contribution in [2.45, 2.75) is 45.4 Å². The number of non-ortho nitro benzene ring substituents is 1. The van der Waals surface area contributed by atoms with E-state index in [4.69, 9.17) is 0 Å². The van der Waals surface area contributed by atoms with Gasteiger partial charge in [0.25, 0.3) is 11.6 Å². The Morgan fingerprint density at radius 2 is 1.75 bits per heavy atom. The van der Waals surface area contributed by atoms with Crippen molar-refractivity contribution in [3.63, 3.8) is 0 Å². The number of carbonyl (C=O) groups excluding carboxylic acids is 1. The van der Waals surface area contributed by atoms with Crippen LogP contribution in [0.25, 0.3) is 0 Å². The molecular weight excluding hydrogens is 356 g/mol. The van der Waals surface area contributed by atoms with Gasteiger partial charge >= 0.3 is 0 Å². The summed E-state index contributed by atoms with van der Waals surface area (Å²) in [5.41, 5.74) is 1.19. The van der Waals surface area contributed by atoms with Gasteiger partial charge in [0.1, 0.15) is 0 Å². The fourth-order valence-corrected chi connectivity index (χ4v) is 4.24. The average molecular weight is 389 g/mol. The minimum Gasteiger partial charge on any atom is -0.371 e. The van der Waals surface area contributed by atoms with Crippen molar-refractivity contribution in [3.05, 3.63) is 33.9 Å². The number of anilines is 1. The number of piperidine rings is 2. The highest BCUT2D eigenvalue weighted by molar-refractivity contribution is 6.00. The minimum atomic E-state index is -0.435. The molecule has 1 amide bonds. The number of carbonyl (C=O) groups is 1. The van der Waals surface area contributed by atoms with Crippen molar-refractivity contribution < 1.29 is 9.72 Å². The van der Waals surface area contributed by atoms with Crippen LogP contribution in [0, 0.1) is 16.0 Å². The lowest BCUT2D eigenvalue weighted by atomic mass is 10.0. The Bertz CT molecular complexity index is 682. The first-order valence-electron chi connectivity index (χ1n) is 10.6. The highest BCUT2D eigenvalue weighted by Gasteiger charge is 2.22. The summed E-state index contributed by atoms with van der Waals surface area (Å²) in [6.45, 7) is 7.77. The molecule has 1 aromatic rings. The van der Waals surface area contributed by atoms with Crippen molar-refractivity contribution in [2.24, 2.45) is 5.92 Å². The van der Waals surface area contributed by atoms with Gasteiger partial charge in [-0.3, -0.25) is 14.9 Å². The van der Waals surface area contributed by atoms with Crippen LogP contribution in [0.3, 0.4) is 0 Å². The van der Waals surface area contributed by atoms with Gasteiger partial charge in [0.05, 0.1) is 16.2 Å². The molecule has 1 atom stereocenters. The number of nitro benzene ring substituents is 1. The normalized spacial score (nSPS) is 19.2. The van der Waals surface area contributed by atoms with Gasteiger partial charge in [-0.25, -0.2) is 0 Å². The molecule has 2 aliphatic heterocycles. The van der Waals surface area contributed by atoms with Gasteiger partial charge in [-0.15, -0.1) is 0 Å². The first-order chi connectivity index (χ1) is 13.5. The topological polar surface area (TPSA) is 78.7 Å². The number of likely N-dealkylation sites (tertiary alicyclic amines) is 1. The number of benzene rings is 1. The summed E-state index contributed by atoms with van der Waals surface area (Å²) in [5.74, 6) is 0.133. The number of amides is 1. The average Bonchev–Trinajstić information content (AvgIpc) is 2.73. The molecule has 7 nitrogen and oxygen atoms in total. The lowest BCUT2D eigenvalue weighted by Gasteiger charge is -2.30. The Morgan fingerprint density at radius 3 is 2.39 bits per heavy atom. The minimum absolute atomic E-state index is 0.0349. The molecular formula is C21H32N4O3. The van der Waals surface area contributed by atoms with Gasteiger partial charge in [0.15, 0.2) is 0 Å². The van der Waals surface area contributed by atoms with Crippen molar-refractivity contribution in [3.8, 4) is 0 Å². The maximum Gasteiger partial charge on any atom is 0.270 e. The lowest BCUT2D eigenvalue weighted by Crippen LogP contribution is -2.38. The quantitative estimate of drug-likeness (QED) is 0.572. The van der Waals surface area contributed by atoms with E-state index in [9.17, 15) is 14.9 Å². The third-order valence-corrected chi connectivity index (χ3v) is 5.76. The van der Waals surface area contributed by atoms with E-state index < -0.39 is 4.92 Å². The standard InChI is InChI=1S/C21H32N4O3/c1-17(16-23-10-4-2-5-11-23)15-22-21(26)19-14-18(25(27)28)8-9-20(19)24-12-6-3-7-13-24/h8-9,14,17H,2-7,10-13,15-16H2,1H3,(H,22,26). The van der Waals surface area contributed by atoms with Gasteiger partial charge < -0.3 is 15.1 Å². The molecule has 28 heavy (non-hydrogen) atoms. The Morgan fingerprint density at radius 1 is 1.11 bits per heavy atom. The Labute approximate surface area is 167 Å². The molecule has 1 unspecified atom stereocenters. The fraction of sp³-hybridized carbons (Fsp3) is 0.667. The van der Waals surface area contributed by atoms with Crippen molar-refractivity contribution in [2.75, 3.05) is 44.2 Å². The van der Waals surface area contributed by atoms with Crippen LogP contribution < -0.4 is 10.2 Å². The second kappa shape index (κ2) is 9.87. The van der Waals surface area contributed by atoms with Crippen molar-refractivity contribution >= 4 is 17.3 Å². The van der Waals surface area contributed by atoms with E-state index in [-0.39, 0.29) is 11.6 Å². The summed E-state index contributed by atoms with van der Waals surface area (Å²) in [5, 5.41) is 14.2. The highest BCUT2D eigenvalue weighted by Crippen LogP contribution is 2.28. The maximum absolute atomic E-state index is 12.9. The summed E-state index contributed by atoms with van der Waals surface area (Å²) in [6, 6.07) is 4.66. The Kier molecular flexibility index (Phi) is 7.25. The molecule has 3 rings (SSSR count). The molecule has 154 valence electrons. The number of nitro groups is 1. The molecule has 0 bridgehead atoms. The predicted octanol–water partition coefficient (Wildman–Crippen LogP) is 3.44. The van der Waals surface area contributed by atoms with Gasteiger partial charge in [0.2, 0.25) is 0 Å². The van der Waals surface area contributed by atoms with E-state index in [2.05, 4.69) is 22.0 Å². The summed E-state index contributed by atoms with van der Waals surface area (Å²) in [7, 11) is 0. The Balaban J connectivity index is 1.66. The summed E-state index contributed by atoms with van der Waals surface area (Å²) < 4.78 is 0. The third kappa shape index (κ3) is 5.44. The van der Waals surface area contributed by atoms with E-state index in [1.165, 1.54) is 37.8 Å². The molecule has 1 aromatic carbocycles. The number of hydrogen-bond donors (Lipinski definition) is 1. The molecule has 0 spiro atoms. The van der Waals surface area contributed by atoms with Crippen LogP contribution in [0.4, 0.5) is 11.4 Å². The zero-order valence-corrected chi connectivity index (χ0v) is 16.9. The smallest absolute Gasteiger partial charge is 0.270 e. The monoisotopic (exact) mass is 388 g/mol. The van der Waals surface area contributed by atoms with Crippen LogP contribution in [0.15, 0.2) is 18.2 Å². The Hall–Kier alpha value is -2.15. The maximum atomic E-state index is 12.9. The van der Waals surface area contributed by atoms with Crippen molar-refractivity contribution in [1.29, 1.82) is 0 Å². The molecule has 2 heterocycles. The molecule has 1 N–H and O–H groups in total. The van der Waals surface area contributed by atoms with Gasteiger partial charge in [0, 0.05) is 38.3 Å². The van der Waals surface area contributed by atoms with Crippen LogP contribution >= 0.6 is 0 Å². The first kappa shape index (κ1) is 20.6. The second-order valence-corrected chi connectivity index (χ2v) is 8.18. The van der Waals surface area contributed by atoms with Crippen molar-refractivity contribution in [1.82, 2.24) is 10.2 Å². The molecule has 0 aliphatic carbocycles. The van der Waals surface area contributed by atoms with E-state index in [0.29, 0.717) is 18.0 Å². The lowest BCUT2D eigenvalue weighted by molar-refractivity contribution is -0.384. The SMILES string of the molecule is CC(CNC(=O)c1cc([N+](=O)[O-])ccc1N1CCCCC1)CN1CCCCC1. The molecule has 7 heteroatoms. The van der Waals surface area contributed by atoms with Crippen LogP contribution in [0.5, 0.6) is 0 Å². The molecule has 2 saturated heterocycles. The molecule has 2 aliphatic rings. The van der Waals surface area contributed by atoms with Gasteiger partial charge in [-0.1, -0.05) is 13.3 Å². The van der Waals surface area contributed by atoms with Gasteiger partial charge in [-0.2, -0.15) is 0 Å². The highest BCUT2D eigenvalue weighted by atomic mass is 16.6. The zero-order valence-electron chi connectivity index (χ0n) is 16.9. The van der Waals surface area contributed by atoms with E-state index in [1.807, 2.05) is 0 Å². The van der Waals surface area contributed by atoms with Crippen LogP contribution in [0.2, 0.25) is 0 Å².